The van der Waals surface area contributed by atoms with Crippen LogP contribution in [0.1, 0.15) is 18.9 Å². The maximum absolute atomic E-state index is 13.9. The highest BCUT2D eigenvalue weighted by Crippen LogP contribution is 2.20. The summed E-state index contributed by atoms with van der Waals surface area (Å²) in [6.07, 6.45) is 0.639. The molecule has 0 aliphatic carbocycles. The van der Waals surface area contributed by atoms with Gasteiger partial charge in [-0.3, -0.25) is 9.59 Å². The van der Waals surface area contributed by atoms with Crippen molar-refractivity contribution in [3.63, 3.8) is 0 Å². The van der Waals surface area contributed by atoms with E-state index in [0.717, 1.165) is 22.3 Å². The summed E-state index contributed by atoms with van der Waals surface area (Å²) < 4.78 is 32.1. The minimum absolute atomic E-state index is 0.00286. The highest BCUT2D eigenvalue weighted by atomic mass is 19.1. The fourth-order valence-electron chi connectivity index (χ4n) is 2.62. The van der Waals surface area contributed by atoms with Crippen LogP contribution in [0.25, 0.3) is 0 Å². The molecule has 0 unspecified atom stereocenters. The van der Waals surface area contributed by atoms with E-state index in [0.29, 0.717) is 19.0 Å². The minimum Gasteiger partial charge on any atom is -0.497 e. The Bertz CT molecular complexity index is 812. The van der Waals surface area contributed by atoms with Crippen molar-refractivity contribution in [2.24, 2.45) is 0 Å². The molecule has 1 N–H and O–H groups in total. The molecule has 2 aromatic rings. The zero-order chi connectivity index (χ0) is 19.8. The Morgan fingerprint density at radius 2 is 1.93 bits per heavy atom. The number of benzene rings is 2. The number of carbonyl (C=O) groups is 2. The Morgan fingerprint density at radius 3 is 2.59 bits per heavy atom. The number of anilines is 1. The number of hydrogen-bond acceptors (Lipinski definition) is 3. The summed E-state index contributed by atoms with van der Waals surface area (Å²) in [4.78, 5) is 24.9. The van der Waals surface area contributed by atoms with E-state index < -0.39 is 17.5 Å². The average molecular weight is 376 g/mol. The summed E-state index contributed by atoms with van der Waals surface area (Å²) in [5, 5.41) is 2.77. The number of ether oxygens (including phenoxy) is 1. The maximum atomic E-state index is 13.9. The van der Waals surface area contributed by atoms with E-state index in [9.17, 15) is 18.4 Å². The topological polar surface area (TPSA) is 58.6 Å². The standard InChI is InChI=1S/C20H22F2N2O3/c1-14(25)24(19-7-6-16(21)13-18(19)22)11-9-20(26)23-10-8-15-4-3-5-17(12-15)27-2/h3-7,12-13H,8-11H2,1-2H3,(H,23,26). The SMILES string of the molecule is COc1cccc(CCNC(=O)CCN(C(C)=O)c2ccc(F)cc2F)c1. The van der Waals surface area contributed by atoms with Gasteiger partial charge in [0.25, 0.3) is 0 Å². The van der Waals surface area contributed by atoms with E-state index in [4.69, 9.17) is 4.74 Å². The Labute approximate surface area is 156 Å². The molecule has 0 atom stereocenters. The second-order valence-corrected chi connectivity index (χ2v) is 5.97. The van der Waals surface area contributed by atoms with Crippen molar-refractivity contribution in [1.82, 2.24) is 5.32 Å². The molecule has 2 amide bonds. The molecule has 2 aromatic carbocycles. The molecular formula is C20H22F2N2O3. The van der Waals surface area contributed by atoms with Crippen LogP contribution in [-0.2, 0) is 16.0 Å². The zero-order valence-electron chi connectivity index (χ0n) is 15.3. The molecule has 144 valence electrons. The van der Waals surface area contributed by atoms with Crippen LogP contribution in [0.15, 0.2) is 42.5 Å². The van der Waals surface area contributed by atoms with Crippen molar-refractivity contribution >= 4 is 17.5 Å². The molecular weight excluding hydrogens is 354 g/mol. The van der Waals surface area contributed by atoms with Crippen LogP contribution in [0.4, 0.5) is 14.5 Å². The molecule has 0 aliphatic rings. The first-order valence-corrected chi connectivity index (χ1v) is 8.53. The summed E-state index contributed by atoms with van der Waals surface area (Å²) in [5.74, 6) is -1.51. The van der Waals surface area contributed by atoms with Crippen LogP contribution in [0.2, 0.25) is 0 Å². The molecule has 0 saturated heterocycles. The Morgan fingerprint density at radius 1 is 1.15 bits per heavy atom. The summed E-state index contributed by atoms with van der Waals surface area (Å²) in [6, 6.07) is 10.5. The fraction of sp³-hybridized carbons (Fsp3) is 0.300. The normalized spacial score (nSPS) is 10.4. The van der Waals surface area contributed by atoms with Gasteiger partial charge in [0.05, 0.1) is 12.8 Å². The minimum atomic E-state index is -0.844. The largest absolute Gasteiger partial charge is 0.497 e. The van der Waals surface area contributed by atoms with E-state index in [2.05, 4.69) is 5.32 Å². The molecule has 0 aliphatic heterocycles. The van der Waals surface area contributed by atoms with Crippen molar-refractivity contribution in [3.05, 3.63) is 59.7 Å². The number of nitrogens with one attached hydrogen (secondary N) is 1. The molecule has 0 bridgehead atoms. The number of rotatable bonds is 8. The summed E-state index contributed by atoms with van der Waals surface area (Å²) in [6.45, 7) is 1.70. The Kier molecular flexibility index (Phi) is 7.28. The van der Waals surface area contributed by atoms with Crippen molar-refractivity contribution < 1.29 is 23.1 Å². The van der Waals surface area contributed by atoms with Crippen LogP contribution in [0, 0.1) is 11.6 Å². The lowest BCUT2D eigenvalue weighted by molar-refractivity contribution is -0.121. The first-order chi connectivity index (χ1) is 12.9. The average Bonchev–Trinajstić information content (AvgIpc) is 2.63. The smallest absolute Gasteiger partial charge is 0.223 e. The summed E-state index contributed by atoms with van der Waals surface area (Å²) in [5.41, 5.74) is 0.974. The molecule has 0 heterocycles. The van der Waals surface area contributed by atoms with E-state index in [1.54, 1.807) is 7.11 Å². The van der Waals surface area contributed by atoms with Crippen LogP contribution in [-0.4, -0.2) is 32.0 Å². The molecule has 7 heteroatoms. The van der Waals surface area contributed by atoms with E-state index >= 15 is 0 Å². The molecule has 2 rings (SSSR count). The van der Waals surface area contributed by atoms with Gasteiger partial charge in [-0.15, -0.1) is 0 Å². The Hall–Kier alpha value is -2.96. The van der Waals surface area contributed by atoms with Crippen LogP contribution < -0.4 is 15.0 Å². The number of methoxy groups -OCH3 is 1. The van der Waals surface area contributed by atoms with Gasteiger partial charge in [-0.1, -0.05) is 12.1 Å². The molecule has 0 aromatic heterocycles. The fourth-order valence-corrected chi connectivity index (χ4v) is 2.62. The van der Waals surface area contributed by atoms with Crippen molar-refractivity contribution in [3.8, 4) is 5.75 Å². The van der Waals surface area contributed by atoms with Gasteiger partial charge in [-0.05, 0) is 36.2 Å². The third kappa shape index (κ3) is 6.06. The van der Waals surface area contributed by atoms with Gasteiger partial charge in [0.1, 0.15) is 17.4 Å². The highest BCUT2D eigenvalue weighted by molar-refractivity contribution is 5.92. The van der Waals surface area contributed by atoms with Crippen molar-refractivity contribution in [2.75, 3.05) is 25.1 Å². The first-order valence-electron chi connectivity index (χ1n) is 8.53. The maximum Gasteiger partial charge on any atom is 0.223 e. The molecule has 5 nitrogen and oxygen atoms in total. The zero-order valence-corrected chi connectivity index (χ0v) is 15.3. The summed E-state index contributed by atoms with van der Waals surface area (Å²) in [7, 11) is 1.59. The second kappa shape index (κ2) is 9.66. The van der Waals surface area contributed by atoms with Gasteiger partial charge in [-0.2, -0.15) is 0 Å². The lowest BCUT2D eigenvalue weighted by Crippen LogP contribution is -2.35. The van der Waals surface area contributed by atoms with Gasteiger partial charge < -0.3 is 15.0 Å². The van der Waals surface area contributed by atoms with Crippen molar-refractivity contribution in [1.29, 1.82) is 0 Å². The highest BCUT2D eigenvalue weighted by Gasteiger charge is 2.17. The van der Waals surface area contributed by atoms with Crippen LogP contribution in [0.3, 0.4) is 0 Å². The number of hydrogen-bond donors (Lipinski definition) is 1. The van der Waals surface area contributed by atoms with E-state index in [1.165, 1.54) is 13.0 Å². The number of carbonyl (C=O) groups excluding carboxylic acids is 2. The quantitative estimate of drug-likeness (QED) is 0.770. The third-order valence-corrected chi connectivity index (χ3v) is 4.01. The third-order valence-electron chi connectivity index (χ3n) is 4.01. The second-order valence-electron chi connectivity index (χ2n) is 5.97. The van der Waals surface area contributed by atoms with Gasteiger partial charge in [0.2, 0.25) is 11.8 Å². The van der Waals surface area contributed by atoms with Crippen LogP contribution >= 0.6 is 0 Å². The molecule has 0 spiro atoms. The van der Waals surface area contributed by atoms with Crippen LogP contribution in [0.5, 0.6) is 5.75 Å². The predicted molar refractivity (Wildman–Crippen MR) is 98.7 cm³/mol. The molecule has 0 fully saturated rings. The number of halogens is 2. The van der Waals surface area contributed by atoms with Gasteiger partial charge in [-0.25, -0.2) is 8.78 Å². The van der Waals surface area contributed by atoms with E-state index in [1.807, 2.05) is 24.3 Å². The molecule has 27 heavy (non-hydrogen) atoms. The summed E-state index contributed by atoms with van der Waals surface area (Å²) >= 11 is 0. The number of nitrogens with zero attached hydrogens (tertiary/aromatic N) is 1. The molecule has 0 radical (unpaired) electrons. The van der Waals surface area contributed by atoms with E-state index in [-0.39, 0.29) is 24.6 Å². The number of amides is 2. The van der Waals surface area contributed by atoms with Gasteiger partial charge in [0, 0.05) is 32.5 Å². The molecule has 0 saturated carbocycles. The van der Waals surface area contributed by atoms with Gasteiger partial charge >= 0.3 is 0 Å². The predicted octanol–water partition coefficient (Wildman–Crippen LogP) is 3.08. The first kappa shape index (κ1) is 20.4. The lowest BCUT2D eigenvalue weighted by Gasteiger charge is -2.21. The lowest BCUT2D eigenvalue weighted by atomic mass is 10.1. The van der Waals surface area contributed by atoms with Crippen molar-refractivity contribution in [2.45, 2.75) is 19.8 Å². The Balaban J connectivity index is 1.86. The van der Waals surface area contributed by atoms with Gasteiger partial charge in [0.15, 0.2) is 0 Å². The monoisotopic (exact) mass is 376 g/mol.